The van der Waals surface area contributed by atoms with E-state index < -0.39 is 23.7 Å². The second-order valence-corrected chi connectivity index (χ2v) is 8.41. The number of methoxy groups -OCH3 is 1. The van der Waals surface area contributed by atoms with Crippen LogP contribution in [0.4, 0.5) is 4.79 Å². The Morgan fingerprint density at radius 2 is 2.04 bits per heavy atom. The Kier molecular flexibility index (Phi) is 5.93. The number of amides is 1. The zero-order valence-electron chi connectivity index (χ0n) is 16.6. The molecule has 1 amide bonds. The highest BCUT2D eigenvalue weighted by Crippen LogP contribution is 2.34. The highest BCUT2D eigenvalue weighted by molar-refractivity contribution is 7.07. The van der Waals surface area contributed by atoms with Crippen molar-refractivity contribution in [1.29, 1.82) is 0 Å². The largest absolute Gasteiger partial charge is 0.489 e. The van der Waals surface area contributed by atoms with Crippen molar-refractivity contribution >= 4 is 23.4 Å². The molecule has 7 heteroatoms. The number of nitrogens with zero attached hydrogens (tertiary/aromatic N) is 1. The van der Waals surface area contributed by atoms with Gasteiger partial charge in [-0.05, 0) is 72.8 Å². The molecule has 1 aromatic carbocycles. The molecular weight excluding hydrogens is 378 g/mol. The zero-order chi connectivity index (χ0) is 20.3. The van der Waals surface area contributed by atoms with Crippen molar-refractivity contribution in [1.82, 2.24) is 4.90 Å². The Bertz CT molecular complexity index is 841. The molecule has 1 aliphatic heterocycles. The molecule has 0 unspecified atom stereocenters. The van der Waals surface area contributed by atoms with Crippen molar-refractivity contribution in [3.8, 4) is 5.75 Å². The van der Waals surface area contributed by atoms with Gasteiger partial charge in [0.1, 0.15) is 18.0 Å². The first-order valence-electron chi connectivity index (χ1n) is 9.12. The summed E-state index contributed by atoms with van der Waals surface area (Å²) in [6.45, 7) is 6.26. The van der Waals surface area contributed by atoms with Crippen molar-refractivity contribution < 1.29 is 23.8 Å². The van der Waals surface area contributed by atoms with E-state index in [-0.39, 0.29) is 0 Å². The first kappa shape index (κ1) is 20.2. The quantitative estimate of drug-likeness (QED) is 0.711. The lowest BCUT2D eigenvalue weighted by molar-refractivity contribution is -0.147. The monoisotopic (exact) mass is 403 g/mol. The van der Waals surface area contributed by atoms with Crippen LogP contribution >= 0.6 is 11.3 Å². The van der Waals surface area contributed by atoms with Crippen LogP contribution in [-0.4, -0.2) is 36.2 Å². The van der Waals surface area contributed by atoms with Crippen LogP contribution in [0.15, 0.2) is 35.0 Å². The molecule has 0 bridgehead atoms. The molecule has 0 saturated heterocycles. The molecule has 0 aliphatic carbocycles. The maximum absolute atomic E-state index is 12.6. The van der Waals surface area contributed by atoms with E-state index in [1.165, 1.54) is 12.0 Å². The maximum atomic E-state index is 12.6. The van der Waals surface area contributed by atoms with E-state index in [1.807, 2.05) is 35.0 Å². The highest BCUT2D eigenvalue weighted by Gasteiger charge is 2.39. The van der Waals surface area contributed by atoms with Crippen molar-refractivity contribution in [2.75, 3.05) is 13.7 Å². The van der Waals surface area contributed by atoms with Gasteiger partial charge in [0.25, 0.3) is 0 Å². The maximum Gasteiger partial charge on any atom is 0.411 e. The van der Waals surface area contributed by atoms with Crippen LogP contribution in [-0.2, 0) is 27.3 Å². The Balaban J connectivity index is 1.82. The summed E-state index contributed by atoms with van der Waals surface area (Å²) in [6, 6.07) is 6.78. The van der Waals surface area contributed by atoms with Crippen molar-refractivity contribution in [2.24, 2.45) is 0 Å². The molecule has 3 rings (SSSR count). The summed E-state index contributed by atoms with van der Waals surface area (Å²) in [4.78, 5) is 26.5. The summed E-state index contributed by atoms with van der Waals surface area (Å²) in [5, 5.41) is 4.06. The molecule has 0 fully saturated rings. The van der Waals surface area contributed by atoms with Gasteiger partial charge in [-0.3, -0.25) is 4.90 Å². The van der Waals surface area contributed by atoms with Crippen molar-refractivity contribution in [2.45, 2.75) is 45.4 Å². The lowest BCUT2D eigenvalue weighted by Gasteiger charge is -2.36. The molecule has 1 aromatic heterocycles. The summed E-state index contributed by atoms with van der Waals surface area (Å²) in [7, 11) is 1.32. The van der Waals surface area contributed by atoms with Gasteiger partial charge in [-0.25, -0.2) is 9.59 Å². The van der Waals surface area contributed by atoms with E-state index in [4.69, 9.17) is 14.2 Å². The van der Waals surface area contributed by atoms with E-state index >= 15 is 0 Å². The van der Waals surface area contributed by atoms with Gasteiger partial charge in [0.15, 0.2) is 6.04 Å². The van der Waals surface area contributed by atoms with Crippen molar-refractivity contribution in [3.05, 3.63) is 51.7 Å². The Labute approximate surface area is 169 Å². The molecule has 0 spiro atoms. The van der Waals surface area contributed by atoms with Gasteiger partial charge < -0.3 is 14.2 Å². The van der Waals surface area contributed by atoms with Crippen LogP contribution in [0.2, 0.25) is 0 Å². The number of ether oxygens (including phenoxy) is 3. The normalized spacial score (nSPS) is 16.3. The number of hydrogen-bond donors (Lipinski definition) is 0. The molecule has 2 aromatic rings. The molecule has 0 radical (unpaired) electrons. The fraction of sp³-hybridized carbons (Fsp3) is 0.429. The minimum atomic E-state index is -0.825. The molecular formula is C21H25NO5S. The van der Waals surface area contributed by atoms with Crippen LogP contribution in [0.1, 0.15) is 43.5 Å². The number of esters is 1. The number of rotatable bonds is 4. The van der Waals surface area contributed by atoms with Gasteiger partial charge in [-0.2, -0.15) is 11.3 Å². The number of carbonyl (C=O) groups excluding carboxylic acids is 2. The van der Waals surface area contributed by atoms with Crippen LogP contribution < -0.4 is 4.74 Å². The highest BCUT2D eigenvalue weighted by atomic mass is 32.1. The van der Waals surface area contributed by atoms with Gasteiger partial charge in [0.2, 0.25) is 0 Å². The lowest BCUT2D eigenvalue weighted by Crippen LogP contribution is -2.46. The Hall–Kier alpha value is -2.54. The zero-order valence-corrected chi connectivity index (χ0v) is 17.4. The van der Waals surface area contributed by atoms with E-state index in [1.54, 1.807) is 32.1 Å². The van der Waals surface area contributed by atoms with Crippen LogP contribution in [0.25, 0.3) is 0 Å². The smallest absolute Gasteiger partial charge is 0.411 e. The number of benzene rings is 1. The van der Waals surface area contributed by atoms with E-state index in [0.29, 0.717) is 19.6 Å². The van der Waals surface area contributed by atoms with Gasteiger partial charge in [0.05, 0.1) is 7.11 Å². The van der Waals surface area contributed by atoms with Gasteiger partial charge in [-0.1, -0.05) is 6.07 Å². The molecule has 1 atom stereocenters. The van der Waals surface area contributed by atoms with Crippen LogP contribution in [0, 0.1) is 0 Å². The molecule has 0 saturated carbocycles. The summed E-state index contributed by atoms with van der Waals surface area (Å²) < 4.78 is 16.3. The third kappa shape index (κ3) is 4.65. The molecule has 0 N–H and O–H groups in total. The molecule has 2 heterocycles. The second-order valence-electron chi connectivity index (χ2n) is 7.63. The molecule has 6 nitrogen and oxygen atoms in total. The number of fused-ring (bicyclic) bond motifs is 1. The van der Waals surface area contributed by atoms with Gasteiger partial charge >= 0.3 is 12.1 Å². The third-order valence-corrected chi connectivity index (χ3v) is 5.11. The van der Waals surface area contributed by atoms with Gasteiger partial charge in [0, 0.05) is 6.54 Å². The molecule has 28 heavy (non-hydrogen) atoms. The van der Waals surface area contributed by atoms with Crippen molar-refractivity contribution in [3.63, 3.8) is 0 Å². The summed E-state index contributed by atoms with van der Waals surface area (Å²) >= 11 is 1.63. The fourth-order valence-corrected chi connectivity index (χ4v) is 3.77. The fourth-order valence-electron chi connectivity index (χ4n) is 3.12. The average Bonchev–Trinajstić information content (AvgIpc) is 3.16. The van der Waals surface area contributed by atoms with E-state index in [9.17, 15) is 9.59 Å². The topological polar surface area (TPSA) is 65.1 Å². The standard InChI is InChI=1S/C21H25NO5S/c1-21(2,3)27-20(24)22-9-7-15-11-16(26-12-14-8-10-28-13-14)5-6-17(15)18(22)19(23)25-4/h5-6,8,10-11,13,18H,7,9,12H2,1-4H3/t18-/m1/s1. The number of thiophene rings is 1. The first-order valence-corrected chi connectivity index (χ1v) is 10.1. The third-order valence-electron chi connectivity index (χ3n) is 4.38. The number of carbonyl (C=O) groups is 2. The molecule has 150 valence electrons. The predicted octanol–water partition coefficient (Wildman–Crippen LogP) is 4.33. The summed E-state index contributed by atoms with van der Waals surface area (Å²) in [5.41, 5.74) is 2.19. The Morgan fingerprint density at radius 3 is 2.68 bits per heavy atom. The predicted molar refractivity (Wildman–Crippen MR) is 106 cm³/mol. The SMILES string of the molecule is COC(=O)[C@H]1c2ccc(OCc3ccsc3)cc2CCN1C(=O)OC(C)(C)C. The van der Waals surface area contributed by atoms with E-state index in [2.05, 4.69) is 0 Å². The van der Waals surface area contributed by atoms with Crippen LogP contribution in [0.3, 0.4) is 0 Å². The minimum absolute atomic E-state index is 0.371. The lowest BCUT2D eigenvalue weighted by atomic mass is 9.92. The summed E-state index contributed by atoms with van der Waals surface area (Å²) in [5.74, 6) is 0.248. The first-order chi connectivity index (χ1) is 13.3. The van der Waals surface area contributed by atoms with Gasteiger partial charge in [-0.15, -0.1) is 0 Å². The average molecular weight is 404 g/mol. The number of hydrogen-bond acceptors (Lipinski definition) is 6. The van der Waals surface area contributed by atoms with Crippen LogP contribution in [0.5, 0.6) is 5.75 Å². The Morgan fingerprint density at radius 1 is 1.25 bits per heavy atom. The molecule has 1 aliphatic rings. The second kappa shape index (κ2) is 8.22. The van der Waals surface area contributed by atoms with E-state index in [0.717, 1.165) is 22.4 Å². The minimum Gasteiger partial charge on any atom is -0.489 e. The summed E-state index contributed by atoms with van der Waals surface area (Å²) in [6.07, 6.45) is 0.0869.